The number of carbonyl (C=O) groups is 1. The zero-order valence-corrected chi connectivity index (χ0v) is 26.7. The normalized spacial score (nSPS) is 24.7. The number of anilines is 2. The molecule has 3 fully saturated rings. The second-order valence-electron chi connectivity index (χ2n) is 12.6. The summed E-state index contributed by atoms with van der Waals surface area (Å²) in [5, 5.41) is 12.3. The van der Waals surface area contributed by atoms with Gasteiger partial charge < -0.3 is 29.1 Å². The van der Waals surface area contributed by atoms with Crippen LogP contribution in [0.1, 0.15) is 30.5 Å². The first-order valence-electron chi connectivity index (χ1n) is 15.9. The molecule has 1 amide bonds. The van der Waals surface area contributed by atoms with Gasteiger partial charge in [-0.15, -0.1) is 0 Å². The first kappa shape index (κ1) is 31.7. The molecule has 0 radical (unpaired) electrons. The Kier molecular flexibility index (Phi) is 8.53. The van der Waals surface area contributed by atoms with E-state index in [0.29, 0.717) is 43.5 Å². The van der Waals surface area contributed by atoms with Crippen LogP contribution in [0.4, 0.5) is 24.7 Å². The maximum Gasteiger partial charge on any atom is 0.417 e. The van der Waals surface area contributed by atoms with Gasteiger partial charge in [0.1, 0.15) is 12.4 Å². The highest BCUT2D eigenvalue weighted by atomic mass is 35.5. The van der Waals surface area contributed by atoms with Crippen LogP contribution in [0.15, 0.2) is 36.4 Å². The first-order valence-corrected chi connectivity index (χ1v) is 16.3. The Morgan fingerprint density at radius 3 is 2.64 bits per heavy atom. The fourth-order valence-corrected chi connectivity index (χ4v) is 7.43. The Morgan fingerprint density at radius 1 is 1.11 bits per heavy atom. The van der Waals surface area contributed by atoms with Crippen molar-refractivity contribution in [2.45, 2.75) is 62.7 Å². The summed E-state index contributed by atoms with van der Waals surface area (Å²) in [6, 6.07) is 14.0. The van der Waals surface area contributed by atoms with Gasteiger partial charge in [0.2, 0.25) is 0 Å². The van der Waals surface area contributed by atoms with Crippen LogP contribution in [-0.4, -0.2) is 103 Å². The molecule has 1 aromatic heterocycles. The monoisotopic (exact) mass is 669 g/mol. The average Bonchev–Trinajstić information content (AvgIpc) is 3.78. The fraction of sp³-hybridized carbons (Fsp3) is 0.515. The molecule has 4 aliphatic rings. The molecule has 0 bridgehead atoms. The molecule has 248 valence electrons. The summed E-state index contributed by atoms with van der Waals surface area (Å²) < 4.78 is 50.4. The lowest BCUT2D eigenvalue weighted by molar-refractivity contribution is -0.148. The Bertz CT molecular complexity index is 1710. The lowest BCUT2D eigenvalue weighted by Crippen LogP contribution is -2.57. The molecule has 7 rings (SSSR count). The SMILES string of the molecule is CN1CCC[C@H]1COc1nc2c(c(N3CCN(C(=O)[C@H]4O[C@@H]4C(F)(F)F)[C@@H](CC#N)C3)n1)CCN(c1cccc3cccc(Cl)c13)C2. The van der Waals surface area contributed by atoms with Gasteiger partial charge in [0.25, 0.3) is 5.91 Å². The van der Waals surface area contributed by atoms with E-state index in [9.17, 15) is 23.2 Å². The Labute approximate surface area is 275 Å². The highest BCUT2D eigenvalue weighted by Gasteiger charge is 2.62. The molecule has 4 aliphatic heterocycles. The molecule has 3 aromatic rings. The molecule has 4 atom stereocenters. The highest BCUT2D eigenvalue weighted by molar-refractivity contribution is 6.36. The number of hydrogen-bond acceptors (Lipinski definition) is 9. The molecular formula is C33H35ClF3N7O3. The number of likely N-dealkylation sites (N-methyl/N-ethyl adjacent to an activating group) is 1. The minimum absolute atomic E-state index is 0.0358. The van der Waals surface area contributed by atoms with E-state index in [-0.39, 0.29) is 31.6 Å². The van der Waals surface area contributed by atoms with Crippen LogP contribution in [-0.2, 0) is 22.5 Å². The maximum absolute atomic E-state index is 13.2. The number of likely N-dealkylation sites (tertiary alicyclic amines) is 1. The zero-order chi connectivity index (χ0) is 32.9. The number of rotatable bonds is 7. The second kappa shape index (κ2) is 12.6. The topological polar surface area (TPSA) is 101 Å². The van der Waals surface area contributed by atoms with Crippen molar-refractivity contribution in [3.8, 4) is 12.1 Å². The predicted octanol–water partition coefficient (Wildman–Crippen LogP) is 4.58. The number of amides is 1. The van der Waals surface area contributed by atoms with Crippen molar-refractivity contribution in [3.05, 3.63) is 52.7 Å². The third kappa shape index (κ3) is 6.26. The Balaban J connectivity index is 1.18. The Hall–Kier alpha value is -3.86. The number of epoxide rings is 1. The van der Waals surface area contributed by atoms with Crippen LogP contribution in [0.25, 0.3) is 10.8 Å². The van der Waals surface area contributed by atoms with E-state index < -0.39 is 30.3 Å². The molecule has 3 saturated heterocycles. The largest absolute Gasteiger partial charge is 0.462 e. The molecule has 10 nitrogen and oxygen atoms in total. The molecule has 14 heteroatoms. The standard InChI is InChI=1S/C33H35ClF3N7O3/c1-41-13-4-7-22(41)19-46-32-39-25-18-42(26-9-3-6-20-5-2-8-24(34)27(20)26)14-11-23(25)30(40-32)43-15-16-44(21(17-43)10-12-38)31(45)28-29(47-28)33(35,36)37/h2-3,5-6,8-9,21-22,28-29H,4,7,10-11,13-19H2,1H3/t21-,22-,28-,29-/m0/s1. The lowest BCUT2D eigenvalue weighted by Gasteiger charge is -2.42. The van der Waals surface area contributed by atoms with Crippen molar-refractivity contribution < 1.29 is 27.4 Å². The molecular weight excluding hydrogens is 635 g/mol. The van der Waals surface area contributed by atoms with Gasteiger partial charge >= 0.3 is 12.2 Å². The molecule has 0 N–H and O–H groups in total. The third-order valence-electron chi connectivity index (χ3n) is 9.72. The summed E-state index contributed by atoms with van der Waals surface area (Å²) >= 11 is 6.68. The smallest absolute Gasteiger partial charge is 0.417 e. The molecule has 0 unspecified atom stereocenters. The number of hydrogen-bond donors (Lipinski definition) is 0. The maximum atomic E-state index is 13.2. The van der Waals surface area contributed by atoms with E-state index in [0.717, 1.165) is 47.1 Å². The quantitative estimate of drug-likeness (QED) is 0.335. The van der Waals surface area contributed by atoms with Crippen LogP contribution in [0.3, 0.4) is 0 Å². The summed E-state index contributed by atoms with van der Waals surface area (Å²) in [5.74, 6) is -0.0581. The van der Waals surface area contributed by atoms with Crippen LogP contribution in [0.2, 0.25) is 5.02 Å². The van der Waals surface area contributed by atoms with Gasteiger partial charge in [0.15, 0.2) is 12.2 Å². The average molecular weight is 670 g/mol. The summed E-state index contributed by atoms with van der Waals surface area (Å²) in [4.78, 5) is 30.8. The van der Waals surface area contributed by atoms with Gasteiger partial charge in [-0.25, -0.2) is 0 Å². The van der Waals surface area contributed by atoms with Crippen molar-refractivity contribution in [2.24, 2.45) is 0 Å². The van der Waals surface area contributed by atoms with Crippen LogP contribution in [0, 0.1) is 11.3 Å². The first-order chi connectivity index (χ1) is 22.6. The molecule has 47 heavy (non-hydrogen) atoms. The number of aromatic nitrogens is 2. The van der Waals surface area contributed by atoms with Gasteiger partial charge in [-0.2, -0.15) is 28.4 Å². The van der Waals surface area contributed by atoms with E-state index in [2.05, 4.69) is 29.0 Å². The minimum atomic E-state index is -4.61. The predicted molar refractivity (Wildman–Crippen MR) is 170 cm³/mol. The van der Waals surface area contributed by atoms with Crippen LogP contribution >= 0.6 is 11.6 Å². The summed E-state index contributed by atoms with van der Waals surface area (Å²) in [6.45, 7) is 3.32. The van der Waals surface area contributed by atoms with E-state index in [4.69, 9.17) is 31.0 Å². The molecule has 0 saturated carbocycles. The minimum Gasteiger partial charge on any atom is -0.462 e. The molecule has 0 spiro atoms. The summed E-state index contributed by atoms with van der Waals surface area (Å²) in [6.07, 6.45) is -5.55. The van der Waals surface area contributed by atoms with Crippen molar-refractivity contribution in [1.29, 1.82) is 5.26 Å². The number of halogens is 4. The van der Waals surface area contributed by atoms with Gasteiger partial charge in [0.05, 0.1) is 35.8 Å². The van der Waals surface area contributed by atoms with Crippen molar-refractivity contribution in [3.63, 3.8) is 0 Å². The number of carbonyl (C=O) groups excluding carboxylic acids is 1. The number of fused-ring (bicyclic) bond motifs is 2. The van der Waals surface area contributed by atoms with Gasteiger partial charge in [-0.3, -0.25) is 4.79 Å². The fourth-order valence-electron chi connectivity index (χ4n) is 7.15. The third-order valence-corrected chi connectivity index (χ3v) is 10.0. The number of alkyl halides is 3. The van der Waals surface area contributed by atoms with Crippen LogP contribution in [0.5, 0.6) is 6.01 Å². The van der Waals surface area contributed by atoms with E-state index >= 15 is 0 Å². The molecule has 2 aromatic carbocycles. The highest BCUT2D eigenvalue weighted by Crippen LogP contribution is 2.40. The van der Waals surface area contributed by atoms with Gasteiger partial charge in [0, 0.05) is 48.9 Å². The lowest BCUT2D eigenvalue weighted by atomic mass is 10.0. The van der Waals surface area contributed by atoms with Crippen molar-refractivity contribution in [1.82, 2.24) is 19.8 Å². The van der Waals surface area contributed by atoms with Crippen molar-refractivity contribution in [2.75, 3.05) is 56.2 Å². The molecule has 5 heterocycles. The van der Waals surface area contributed by atoms with Gasteiger partial charge in [-0.1, -0.05) is 35.9 Å². The van der Waals surface area contributed by atoms with E-state index in [1.165, 1.54) is 4.90 Å². The Morgan fingerprint density at radius 2 is 1.91 bits per heavy atom. The number of nitrogens with zero attached hydrogens (tertiary/aromatic N) is 7. The van der Waals surface area contributed by atoms with Crippen LogP contribution < -0.4 is 14.5 Å². The zero-order valence-electron chi connectivity index (χ0n) is 25.9. The number of benzene rings is 2. The summed E-state index contributed by atoms with van der Waals surface area (Å²) in [5.41, 5.74) is 2.78. The number of piperazine rings is 1. The summed E-state index contributed by atoms with van der Waals surface area (Å²) in [7, 11) is 2.08. The second-order valence-corrected chi connectivity index (χ2v) is 13.0. The van der Waals surface area contributed by atoms with E-state index in [1.807, 2.05) is 35.2 Å². The number of ether oxygens (including phenoxy) is 2. The number of nitriles is 1. The molecule has 0 aliphatic carbocycles. The van der Waals surface area contributed by atoms with Gasteiger partial charge in [-0.05, 0) is 50.4 Å². The van der Waals surface area contributed by atoms with Crippen molar-refractivity contribution >= 4 is 39.8 Å². The van der Waals surface area contributed by atoms with E-state index in [1.54, 1.807) is 0 Å².